The molecule has 0 bridgehead atoms. The smallest absolute Gasteiger partial charge is 0.127 e. The third-order valence-corrected chi connectivity index (χ3v) is 7.22. The number of nitrogens with one attached hydrogen (secondary N) is 3. The molecule has 2 aromatic carbocycles. The largest absolute Gasteiger partial charge is 0.492 e. The fourth-order valence-corrected chi connectivity index (χ4v) is 5.31. The molecule has 38 heavy (non-hydrogen) atoms. The van der Waals surface area contributed by atoms with Gasteiger partial charge in [-0.05, 0) is 67.4 Å². The number of likely N-dealkylation sites (tertiary alicyclic amines) is 1. The number of fused-ring (bicyclic) bond motifs is 2. The molecule has 9 heteroatoms. The number of pyridine rings is 1. The Morgan fingerprint density at radius 2 is 1.87 bits per heavy atom. The Morgan fingerprint density at radius 3 is 2.74 bits per heavy atom. The zero-order valence-electron chi connectivity index (χ0n) is 20.7. The van der Waals surface area contributed by atoms with Crippen molar-refractivity contribution in [3.05, 3.63) is 72.9 Å². The molecule has 3 N–H and O–H groups in total. The highest BCUT2D eigenvalue weighted by Gasteiger charge is 2.16. The number of hydrogen-bond donors (Lipinski definition) is 3. The van der Waals surface area contributed by atoms with Gasteiger partial charge < -0.3 is 9.72 Å². The summed E-state index contributed by atoms with van der Waals surface area (Å²) in [4.78, 5) is 10.4. The molecule has 4 aromatic heterocycles. The van der Waals surface area contributed by atoms with Crippen LogP contribution in [-0.2, 0) is 0 Å². The van der Waals surface area contributed by atoms with Crippen LogP contribution in [0.3, 0.4) is 0 Å². The Labute approximate surface area is 217 Å². The molecule has 1 aliphatic heterocycles. The van der Waals surface area contributed by atoms with Crippen LogP contribution in [0.1, 0.15) is 12.8 Å². The molecule has 0 aliphatic carbocycles. The minimum Gasteiger partial charge on any atom is -0.492 e. The second-order valence-corrected chi connectivity index (χ2v) is 9.70. The van der Waals surface area contributed by atoms with E-state index in [0.29, 0.717) is 12.4 Å². The first-order valence-corrected chi connectivity index (χ1v) is 12.8. The molecule has 190 valence electrons. The molecule has 0 atom stereocenters. The maximum atomic E-state index is 14.7. The predicted octanol–water partition coefficient (Wildman–Crippen LogP) is 5.78. The number of rotatable bonds is 7. The minimum atomic E-state index is -0.316. The van der Waals surface area contributed by atoms with Crippen LogP contribution >= 0.6 is 0 Å². The summed E-state index contributed by atoms with van der Waals surface area (Å²) in [6.45, 7) is 3.63. The van der Waals surface area contributed by atoms with Crippen molar-refractivity contribution in [2.24, 2.45) is 0 Å². The first-order chi connectivity index (χ1) is 18.7. The fourth-order valence-electron chi connectivity index (χ4n) is 5.31. The summed E-state index contributed by atoms with van der Waals surface area (Å²) in [6, 6.07) is 15.0. The molecule has 1 saturated heterocycles. The molecule has 1 aliphatic rings. The maximum absolute atomic E-state index is 14.7. The van der Waals surface area contributed by atoms with E-state index in [9.17, 15) is 4.39 Å². The first-order valence-electron chi connectivity index (χ1n) is 12.8. The number of benzene rings is 2. The van der Waals surface area contributed by atoms with E-state index in [-0.39, 0.29) is 5.82 Å². The summed E-state index contributed by atoms with van der Waals surface area (Å²) in [5.41, 5.74) is 6.85. The summed E-state index contributed by atoms with van der Waals surface area (Å²) in [7, 11) is 0. The van der Waals surface area contributed by atoms with Crippen LogP contribution in [0.4, 0.5) is 4.39 Å². The molecule has 0 saturated carbocycles. The monoisotopic (exact) mass is 507 g/mol. The summed E-state index contributed by atoms with van der Waals surface area (Å²) in [5.74, 6) is 0.230. The Morgan fingerprint density at radius 1 is 0.947 bits per heavy atom. The lowest BCUT2D eigenvalue weighted by Crippen LogP contribution is -2.25. The minimum absolute atomic E-state index is 0.316. The third kappa shape index (κ3) is 4.20. The van der Waals surface area contributed by atoms with Gasteiger partial charge in [0.15, 0.2) is 0 Å². The Kier molecular flexibility index (Phi) is 5.62. The summed E-state index contributed by atoms with van der Waals surface area (Å²) in [5, 5.41) is 16.4. The molecular weight excluding hydrogens is 481 g/mol. The van der Waals surface area contributed by atoms with Crippen LogP contribution in [0.25, 0.3) is 55.6 Å². The highest BCUT2D eigenvalue weighted by atomic mass is 19.1. The maximum Gasteiger partial charge on any atom is 0.127 e. The Hall–Kier alpha value is -4.50. The number of nitrogens with zero attached hydrogens (tertiary/aromatic N) is 4. The quantitative estimate of drug-likeness (QED) is 0.255. The van der Waals surface area contributed by atoms with Crippen LogP contribution in [0, 0.1) is 5.82 Å². The lowest BCUT2D eigenvalue weighted by Gasteiger charge is -2.15. The van der Waals surface area contributed by atoms with Gasteiger partial charge in [0.1, 0.15) is 23.9 Å². The molecule has 0 amide bonds. The van der Waals surface area contributed by atoms with E-state index in [4.69, 9.17) is 4.74 Å². The number of ether oxygens (including phenoxy) is 1. The number of hydrogen-bond acceptors (Lipinski definition) is 5. The zero-order chi connectivity index (χ0) is 25.5. The Balaban J connectivity index is 1.23. The fraction of sp³-hybridized carbons (Fsp3) is 0.207. The predicted molar refractivity (Wildman–Crippen MR) is 145 cm³/mol. The van der Waals surface area contributed by atoms with Crippen molar-refractivity contribution in [3.8, 4) is 39.5 Å². The van der Waals surface area contributed by atoms with Gasteiger partial charge in [0.25, 0.3) is 0 Å². The summed E-state index contributed by atoms with van der Waals surface area (Å²) in [6.07, 6.45) is 7.81. The average Bonchev–Trinajstić information content (AvgIpc) is 3.73. The van der Waals surface area contributed by atoms with Gasteiger partial charge >= 0.3 is 0 Å². The van der Waals surface area contributed by atoms with Gasteiger partial charge in [-0.2, -0.15) is 10.2 Å². The van der Waals surface area contributed by atoms with Gasteiger partial charge in [-0.15, -0.1) is 0 Å². The molecule has 0 radical (unpaired) electrons. The first kappa shape index (κ1) is 22.7. The SMILES string of the molecule is Fc1cc(OCCN2CCCC2)cc(-c2cccc3[nH]c(-c4n[nH]c5cnc(-c6cn[nH]c6)cc45)cc23)c1. The van der Waals surface area contributed by atoms with E-state index in [1.165, 1.54) is 18.9 Å². The van der Waals surface area contributed by atoms with Gasteiger partial charge in [-0.3, -0.25) is 20.1 Å². The standard InChI is InChI=1S/C29H26FN7O/c30-20-10-18(11-21(12-20)38-9-8-37-6-1-2-7-37)22-4-3-5-25-23(22)13-27(34-25)29-24-14-26(19-15-32-33-16-19)31-17-28(24)35-36-29/h3-5,10-17,34H,1-2,6-9H2,(H,32,33)(H,35,36). The normalized spacial score (nSPS) is 14.1. The number of H-pyrrole nitrogens is 3. The van der Waals surface area contributed by atoms with Gasteiger partial charge in [0.2, 0.25) is 0 Å². The van der Waals surface area contributed by atoms with Crippen molar-refractivity contribution in [1.29, 1.82) is 0 Å². The van der Waals surface area contributed by atoms with Crippen molar-refractivity contribution in [3.63, 3.8) is 0 Å². The number of halogens is 1. The molecule has 8 nitrogen and oxygen atoms in total. The highest BCUT2D eigenvalue weighted by molar-refractivity contribution is 6.01. The van der Waals surface area contributed by atoms with Crippen LogP contribution in [0.5, 0.6) is 5.75 Å². The van der Waals surface area contributed by atoms with Crippen molar-refractivity contribution in [1.82, 2.24) is 35.3 Å². The summed E-state index contributed by atoms with van der Waals surface area (Å²) >= 11 is 0. The van der Waals surface area contributed by atoms with E-state index in [2.05, 4.69) is 41.3 Å². The average molecular weight is 508 g/mol. The lowest BCUT2D eigenvalue weighted by atomic mass is 10.0. The van der Waals surface area contributed by atoms with E-state index in [1.54, 1.807) is 18.5 Å². The molecule has 0 spiro atoms. The molecule has 7 rings (SSSR count). The van der Waals surface area contributed by atoms with Crippen molar-refractivity contribution in [2.75, 3.05) is 26.2 Å². The van der Waals surface area contributed by atoms with Crippen LogP contribution < -0.4 is 4.74 Å². The molecular formula is C29H26FN7O. The zero-order valence-corrected chi connectivity index (χ0v) is 20.7. The summed E-state index contributed by atoms with van der Waals surface area (Å²) < 4.78 is 20.6. The van der Waals surface area contributed by atoms with Gasteiger partial charge in [-0.25, -0.2) is 4.39 Å². The molecule has 1 fully saturated rings. The van der Waals surface area contributed by atoms with E-state index >= 15 is 0 Å². The number of aromatic amines is 3. The van der Waals surface area contributed by atoms with Gasteiger partial charge in [0.05, 0.1) is 29.3 Å². The topological polar surface area (TPSA) is 98.5 Å². The van der Waals surface area contributed by atoms with Crippen LogP contribution in [0.2, 0.25) is 0 Å². The van der Waals surface area contributed by atoms with Gasteiger partial charge in [0, 0.05) is 40.7 Å². The molecule has 6 aromatic rings. The van der Waals surface area contributed by atoms with E-state index in [1.807, 2.05) is 36.5 Å². The van der Waals surface area contributed by atoms with E-state index < -0.39 is 0 Å². The van der Waals surface area contributed by atoms with Gasteiger partial charge in [-0.1, -0.05) is 12.1 Å². The third-order valence-electron chi connectivity index (χ3n) is 7.22. The highest BCUT2D eigenvalue weighted by Crippen LogP contribution is 2.36. The molecule has 5 heterocycles. The van der Waals surface area contributed by atoms with Crippen molar-refractivity contribution < 1.29 is 9.13 Å². The van der Waals surface area contributed by atoms with Crippen LogP contribution in [0.15, 0.2) is 67.1 Å². The van der Waals surface area contributed by atoms with Crippen molar-refractivity contribution >= 4 is 21.8 Å². The van der Waals surface area contributed by atoms with E-state index in [0.717, 1.165) is 75.2 Å². The van der Waals surface area contributed by atoms with Crippen LogP contribution in [-0.4, -0.2) is 61.5 Å². The second-order valence-electron chi connectivity index (χ2n) is 9.70. The number of aromatic nitrogens is 6. The second kappa shape index (κ2) is 9.42. The molecule has 0 unspecified atom stereocenters. The van der Waals surface area contributed by atoms with Crippen molar-refractivity contribution in [2.45, 2.75) is 12.8 Å². The Bertz CT molecular complexity index is 1730. The lowest BCUT2D eigenvalue weighted by molar-refractivity contribution is 0.237.